The van der Waals surface area contributed by atoms with Gasteiger partial charge < -0.3 is 19.2 Å². The molecule has 1 amide bonds. The summed E-state index contributed by atoms with van der Waals surface area (Å²) in [6, 6.07) is 10.2. The first-order valence-electron chi connectivity index (χ1n) is 9.50. The van der Waals surface area contributed by atoms with Crippen molar-refractivity contribution in [3.05, 3.63) is 63.2 Å². The topological polar surface area (TPSA) is 94.8 Å². The summed E-state index contributed by atoms with van der Waals surface area (Å²) in [5.74, 6) is -1.28. The van der Waals surface area contributed by atoms with E-state index < -0.39 is 17.8 Å². The third-order valence-corrected chi connectivity index (χ3v) is 5.68. The number of thiophene rings is 1. The lowest BCUT2D eigenvalue weighted by Crippen LogP contribution is -2.14. The van der Waals surface area contributed by atoms with Crippen molar-refractivity contribution in [2.24, 2.45) is 0 Å². The van der Waals surface area contributed by atoms with Crippen molar-refractivity contribution in [1.82, 2.24) is 0 Å². The molecule has 0 aliphatic heterocycles. The van der Waals surface area contributed by atoms with E-state index in [0.717, 1.165) is 16.9 Å². The van der Waals surface area contributed by atoms with Gasteiger partial charge in [-0.05, 0) is 50.6 Å². The number of hydrogen-bond donors (Lipinski definition) is 1. The maximum Gasteiger partial charge on any atom is 0.348 e. The summed E-state index contributed by atoms with van der Waals surface area (Å²) in [6.45, 7) is 5.30. The third kappa shape index (κ3) is 4.98. The molecule has 1 aromatic carbocycles. The first-order chi connectivity index (χ1) is 14.8. The third-order valence-electron chi connectivity index (χ3n) is 4.25. The zero-order valence-corrected chi connectivity index (χ0v) is 18.7. The largest absolute Gasteiger partial charge is 0.462 e. The Morgan fingerprint density at radius 3 is 2.45 bits per heavy atom. The second-order valence-corrected chi connectivity index (χ2v) is 7.79. The number of hydrogen-bond acceptors (Lipinski definition) is 7. The smallest absolute Gasteiger partial charge is 0.348 e. The molecule has 2 aromatic heterocycles. The summed E-state index contributed by atoms with van der Waals surface area (Å²) < 4.78 is 15.8. The number of anilines is 1. The molecule has 1 N–H and O–H groups in total. The molecule has 7 nitrogen and oxygen atoms in total. The fourth-order valence-electron chi connectivity index (χ4n) is 2.86. The summed E-state index contributed by atoms with van der Waals surface area (Å²) in [5.41, 5.74) is 1.22. The lowest BCUT2D eigenvalue weighted by Gasteiger charge is -2.06. The molecular formula is C22H20ClNO6S. The van der Waals surface area contributed by atoms with Gasteiger partial charge in [0.2, 0.25) is 0 Å². The molecule has 0 bridgehead atoms. The van der Waals surface area contributed by atoms with Crippen LogP contribution in [0.15, 0.2) is 40.8 Å². The fourth-order valence-corrected chi connectivity index (χ4v) is 4.14. The Labute approximate surface area is 187 Å². The predicted octanol–water partition coefficient (Wildman–Crippen LogP) is 5.58. The van der Waals surface area contributed by atoms with Crippen LogP contribution in [0.3, 0.4) is 0 Å². The van der Waals surface area contributed by atoms with Gasteiger partial charge in [-0.25, -0.2) is 9.59 Å². The summed E-state index contributed by atoms with van der Waals surface area (Å²) in [6.07, 6.45) is 0. The van der Waals surface area contributed by atoms with Crippen LogP contribution in [-0.4, -0.2) is 31.1 Å². The van der Waals surface area contributed by atoms with Gasteiger partial charge in [0.1, 0.15) is 15.6 Å². The number of furan rings is 1. The van der Waals surface area contributed by atoms with E-state index >= 15 is 0 Å². The molecule has 0 aliphatic rings. The number of rotatable bonds is 7. The van der Waals surface area contributed by atoms with Gasteiger partial charge in [-0.2, -0.15) is 0 Å². The Bertz CT molecular complexity index is 1130. The number of amides is 1. The van der Waals surface area contributed by atoms with Gasteiger partial charge in [-0.3, -0.25) is 4.79 Å². The van der Waals surface area contributed by atoms with Crippen LogP contribution in [0.4, 0.5) is 5.00 Å². The number of nitrogens with one attached hydrogen (secondary N) is 1. The highest BCUT2D eigenvalue weighted by atomic mass is 35.5. The minimum atomic E-state index is -0.638. The molecule has 31 heavy (non-hydrogen) atoms. The predicted molar refractivity (Wildman–Crippen MR) is 118 cm³/mol. The minimum Gasteiger partial charge on any atom is -0.462 e. The van der Waals surface area contributed by atoms with Gasteiger partial charge in [0.15, 0.2) is 5.76 Å². The molecule has 0 saturated carbocycles. The van der Waals surface area contributed by atoms with Crippen LogP contribution >= 0.6 is 22.9 Å². The van der Waals surface area contributed by atoms with Crippen molar-refractivity contribution >= 4 is 45.8 Å². The fraction of sp³-hybridized carbons (Fsp3) is 0.227. The first kappa shape index (κ1) is 22.6. The first-order valence-corrected chi connectivity index (χ1v) is 10.7. The maximum absolute atomic E-state index is 12.8. The van der Waals surface area contributed by atoms with Crippen LogP contribution in [0, 0.1) is 6.92 Å². The highest BCUT2D eigenvalue weighted by molar-refractivity contribution is 7.18. The van der Waals surface area contributed by atoms with E-state index in [1.807, 2.05) is 0 Å². The van der Waals surface area contributed by atoms with E-state index in [1.165, 1.54) is 6.07 Å². The monoisotopic (exact) mass is 461 g/mol. The molecule has 0 spiro atoms. The Balaban J connectivity index is 1.90. The summed E-state index contributed by atoms with van der Waals surface area (Å²) in [4.78, 5) is 37.7. The summed E-state index contributed by atoms with van der Waals surface area (Å²) in [5, 5.41) is 3.38. The van der Waals surface area contributed by atoms with Crippen LogP contribution in [0.5, 0.6) is 0 Å². The number of ether oxygens (including phenoxy) is 2. The van der Waals surface area contributed by atoms with Crippen molar-refractivity contribution in [2.75, 3.05) is 18.5 Å². The average Bonchev–Trinajstić information content (AvgIpc) is 3.34. The van der Waals surface area contributed by atoms with Gasteiger partial charge in [-0.1, -0.05) is 23.7 Å². The van der Waals surface area contributed by atoms with Crippen molar-refractivity contribution in [2.45, 2.75) is 20.8 Å². The van der Waals surface area contributed by atoms with Crippen LogP contribution in [0.25, 0.3) is 11.3 Å². The van der Waals surface area contributed by atoms with E-state index in [2.05, 4.69) is 5.32 Å². The number of carbonyl (C=O) groups is 3. The van der Waals surface area contributed by atoms with Gasteiger partial charge in [0.05, 0.1) is 18.8 Å². The molecular weight excluding hydrogens is 442 g/mol. The second-order valence-electron chi connectivity index (χ2n) is 6.33. The lowest BCUT2D eigenvalue weighted by molar-refractivity contribution is 0.0527. The van der Waals surface area contributed by atoms with Crippen LogP contribution in [-0.2, 0) is 9.47 Å². The highest BCUT2D eigenvalue weighted by Gasteiger charge is 2.28. The minimum absolute atomic E-state index is 0.0357. The molecule has 0 aliphatic carbocycles. The molecule has 162 valence electrons. The van der Waals surface area contributed by atoms with Crippen molar-refractivity contribution in [3.8, 4) is 11.3 Å². The molecule has 3 aromatic rings. The van der Waals surface area contributed by atoms with E-state index in [1.54, 1.807) is 51.1 Å². The van der Waals surface area contributed by atoms with Crippen LogP contribution in [0.1, 0.15) is 50.0 Å². The van der Waals surface area contributed by atoms with E-state index in [0.29, 0.717) is 16.3 Å². The SMILES string of the molecule is CCOC(=O)c1sc(NC(=O)c2ccc(-c3cccc(Cl)c3)o2)c(C(=O)OCC)c1C. The summed E-state index contributed by atoms with van der Waals surface area (Å²) in [7, 11) is 0. The quantitative estimate of drug-likeness (QED) is 0.462. The van der Waals surface area contributed by atoms with E-state index in [4.69, 9.17) is 25.5 Å². The standard InChI is InChI=1S/C22H20ClNO6S/c1-4-28-21(26)17-12(3)18(22(27)29-5-2)31-20(17)24-19(25)16-10-9-15(30-16)13-7-6-8-14(23)11-13/h6-11H,4-5H2,1-3H3,(H,24,25). The number of benzene rings is 1. The van der Waals surface area contributed by atoms with Gasteiger partial charge in [-0.15, -0.1) is 11.3 Å². The van der Waals surface area contributed by atoms with Crippen LogP contribution in [0.2, 0.25) is 5.02 Å². The zero-order chi connectivity index (χ0) is 22.5. The zero-order valence-electron chi connectivity index (χ0n) is 17.1. The van der Waals surface area contributed by atoms with Crippen molar-refractivity contribution in [3.63, 3.8) is 0 Å². The van der Waals surface area contributed by atoms with Gasteiger partial charge >= 0.3 is 11.9 Å². The van der Waals surface area contributed by atoms with Crippen molar-refractivity contribution < 1.29 is 28.3 Å². The van der Waals surface area contributed by atoms with Gasteiger partial charge in [0.25, 0.3) is 5.91 Å². The normalized spacial score (nSPS) is 10.6. The Kier molecular flexibility index (Phi) is 7.14. The van der Waals surface area contributed by atoms with Crippen LogP contribution < -0.4 is 5.32 Å². The molecule has 0 radical (unpaired) electrons. The molecule has 3 rings (SSSR count). The molecule has 0 unspecified atom stereocenters. The molecule has 0 saturated heterocycles. The number of carbonyl (C=O) groups excluding carboxylic acids is 3. The second kappa shape index (κ2) is 9.80. The maximum atomic E-state index is 12.8. The molecule has 0 fully saturated rings. The number of halogens is 1. The lowest BCUT2D eigenvalue weighted by atomic mass is 10.1. The summed E-state index contributed by atoms with van der Waals surface area (Å²) >= 11 is 6.96. The molecule has 0 atom stereocenters. The Morgan fingerprint density at radius 1 is 1.06 bits per heavy atom. The van der Waals surface area contributed by atoms with E-state index in [9.17, 15) is 14.4 Å². The van der Waals surface area contributed by atoms with E-state index in [-0.39, 0.29) is 34.4 Å². The Hall–Kier alpha value is -3.10. The van der Waals surface area contributed by atoms with Crippen molar-refractivity contribution in [1.29, 1.82) is 0 Å². The highest BCUT2D eigenvalue weighted by Crippen LogP contribution is 2.35. The van der Waals surface area contributed by atoms with Gasteiger partial charge in [0, 0.05) is 10.6 Å². The number of esters is 2. The average molecular weight is 462 g/mol. The molecule has 2 heterocycles. The molecule has 9 heteroatoms. The Morgan fingerprint density at radius 2 is 1.77 bits per heavy atom.